The maximum Gasteiger partial charge on any atom is 0.311 e. The van der Waals surface area contributed by atoms with Crippen molar-refractivity contribution < 1.29 is 14.7 Å². The average molecular weight is 228 g/mol. The lowest BCUT2D eigenvalue weighted by Crippen LogP contribution is -2.49. The SMILES string of the molecule is CC1CC(C)CN(C(=O)C(=O)NCCO)C1. The summed E-state index contributed by atoms with van der Waals surface area (Å²) in [5, 5.41) is 10.9. The van der Waals surface area contributed by atoms with Gasteiger partial charge in [-0.25, -0.2) is 0 Å². The van der Waals surface area contributed by atoms with Crippen LogP contribution in [0.2, 0.25) is 0 Å². The summed E-state index contributed by atoms with van der Waals surface area (Å²) in [5.74, 6) is -0.209. The second-order valence-electron chi connectivity index (χ2n) is 4.64. The highest BCUT2D eigenvalue weighted by molar-refractivity contribution is 6.35. The molecule has 0 radical (unpaired) electrons. The van der Waals surface area contributed by atoms with Crippen LogP contribution in [0, 0.1) is 11.8 Å². The van der Waals surface area contributed by atoms with Crippen LogP contribution < -0.4 is 5.32 Å². The molecule has 1 heterocycles. The van der Waals surface area contributed by atoms with Gasteiger partial charge in [0.2, 0.25) is 0 Å². The number of aliphatic hydroxyl groups excluding tert-OH is 1. The number of hydrogen-bond acceptors (Lipinski definition) is 3. The van der Waals surface area contributed by atoms with E-state index in [1.807, 2.05) is 0 Å². The predicted molar refractivity (Wildman–Crippen MR) is 59.6 cm³/mol. The molecular formula is C11H20N2O3. The number of hydrogen-bond donors (Lipinski definition) is 2. The van der Waals surface area contributed by atoms with E-state index in [4.69, 9.17) is 5.11 Å². The summed E-state index contributed by atoms with van der Waals surface area (Å²) in [6, 6.07) is 0. The highest BCUT2D eigenvalue weighted by Gasteiger charge is 2.28. The Morgan fingerprint density at radius 3 is 2.38 bits per heavy atom. The van der Waals surface area contributed by atoms with E-state index in [1.54, 1.807) is 4.90 Å². The molecule has 2 unspecified atom stereocenters. The fourth-order valence-electron chi connectivity index (χ4n) is 2.22. The average Bonchev–Trinajstić information content (AvgIpc) is 2.23. The van der Waals surface area contributed by atoms with E-state index >= 15 is 0 Å². The van der Waals surface area contributed by atoms with E-state index in [-0.39, 0.29) is 13.2 Å². The molecule has 0 spiro atoms. The molecule has 5 nitrogen and oxygen atoms in total. The van der Waals surface area contributed by atoms with Crippen LogP contribution in [0.3, 0.4) is 0 Å². The first kappa shape index (κ1) is 13.0. The Kier molecular flexibility index (Phi) is 4.73. The molecule has 0 aromatic heterocycles. The van der Waals surface area contributed by atoms with E-state index in [0.717, 1.165) is 6.42 Å². The Hall–Kier alpha value is -1.10. The van der Waals surface area contributed by atoms with Crippen LogP contribution in [0.4, 0.5) is 0 Å². The molecule has 1 fully saturated rings. The highest BCUT2D eigenvalue weighted by atomic mass is 16.3. The largest absolute Gasteiger partial charge is 0.395 e. The van der Waals surface area contributed by atoms with Crippen molar-refractivity contribution in [3.05, 3.63) is 0 Å². The van der Waals surface area contributed by atoms with E-state index in [2.05, 4.69) is 19.2 Å². The molecule has 0 saturated carbocycles. The second-order valence-corrected chi connectivity index (χ2v) is 4.64. The first-order valence-corrected chi connectivity index (χ1v) is 5.72. The molecule has 2 amide bonds. The molecule has 0 aromatic rings. The maximum atomic E-state index is 11.7. The fourth-order valence-corrected chi connectivity index (χ4v) is 2.22. The van der Waals surface area contributed by atoms with Crippen molar-refractivity contribution in [1.29, 1.82) is 0 Å². The van der Waals surface area contributed by atoms with E-state index < -0.39 is 11.8 Å². The number of aliphatic hydroxyl groups is 1. The molecule has 0 bridgehead atoms. The number of piperidine rings is 1. The lowest BCUT2D eigenvalue weighted by atomic mass is 9.92. The second kappa shape index (κ2) is 5.84. The number of carbonyl (C=O) groups is 2. The van der Waals surface area contributed by atoms with Gasteiger partial charge >= 0.3 is 11.8 Å². The van der Waals surface area contributed by atoms with E-state index in [0.29, 0.717) is 24.9 Å². The van der Waals surface area contributed by atoms with E-state index in [9.17, 15) is 9.59 Å². The minimum atomic E-state index is -0.615. The van der Waals surface area contributed by atoms with Gasteiger partial charge < -0.3 is 15.3 Å². The lowest BCUT2D eigenvalue weighted by Gasteiger charge is -2.34. The zero-order chi connectivity index (χ0) is 12.1. The van der Waals surface area contributed by atoms with Crippen molar-refractivity contribution in [2.75, 3.05) is 26.2 Å². The summed E-state index contributed by atoms with van der Waals surface area (Å²) in [6.45, 7) is 5.45. The summed E-state index contributed by atoms with van der Waals surface area (Å²) in [6.07, 6.45) is 1.10. The number of rotatable bonds is 2. The topological polar surface area (TPSA) is 69.6 Å². The number of amides is 2. The van der Waals surface area contributed by atoms with E-state index in [1.165, 1.54) is 0 Å². The minimum absolute atomic E-state index is 0.128. The van der Waals surface area contributed by atoms with Gasteiger partial charge in [0.05, 0.1) is 6.61 Å². The Labute approximate surface area is 95.8 Å². The van der Waals surface area contributed by atoms with Crippen LogP contribution in [0.1, 0.15) is 20.3 Å². The summed E-state index contributed by atoms with van der Waals surface area (Å²) >= 11 is 0. The van der Waals surface area contributed by atoms with Crippen LogP contribution in [-0.4, -0.2) is 48.1 Å². The molecule has 1 saturated heterocycles. The molecule has 92 valence electrons. The lowest BCUT2D eigenvalue weighted by molar-refractivity contribution is -0.147. The summed E-state index contributed by atoms with van der Waals surface area (Å²) in [5.41, 5.74) is 0. The van der Waals surface area contributed by atoms with Gasteiger partial charge in [-0.2, -0.15) is 0 Å². The Bertz CT molecular complexity index is 258. The van der Waals surface area contributed by atoms with Gasteiger partial charge in [0.15, 0.2) is 0 Å². The third-order valence-corrected chi connectivity index (χ3v) is 2.75. The summed E-state index contributed by atoms with van der Waals surface area (Å²) in [4.78, 5) is 24.7. The van der Waals surface area contributed by atoms with Crippen molar-refractivity contribution in [3.8, 4) is 0 Å². The van der Waals surface area contributed by atoms with Crippen LogP contribution in [0.25, 0.3) is 0 Å². The molecular weight excluding hydrogens is 208 g/mol. The van der Waals surface area contributed by atoms with Crippen LogP contribution in [0.5, 0.6) is 0 Å². The van der Waals surface area contributed by atoms with Crippen LogP contribution >= 0.6 is 0 Å². The predicted octanol–water partition coefficient (Wildman–Crippen LogP) is -0.401. The molecule has 2 atom stereocenters. The zero-order valence-corrected chi connectivity index (χ0v) is 9.90. The molecule has 1 aliphatic rings. The zero-order valence-electron chi connectivity index (χ0n) is 9.90. The summed E-state index contributed by atoms with van der Waals surface area (Å²) < 4.78 is 0. The molecule has 1 rings (SSSR count). The normalized spacial score (nSPS) is 25.3. The first-order valence-electron chi connectivity index (χ1n) is 5.72. The van der Waals surface area contributed by atoms with Crippen LogP contribution in [-0.2, 0) is 9.59 Å². The molecule has 0 aliphatic carbocycles. The Morgan fingerprint density at radius 1 is 1.31 bits per heavy atom. The molecule has 1 aliphatic heterocycles. The van der Waals surface area contributed by atoms with Gasteiger partial charge in [-0.05, 0) is 18.3 Å². The number of nitrogens with zero attached hydrogens (tertiary/aromatic N) is 1. The van der Waals surface area contributed by atoms with Gasteiger partial charge in [-0.15, -0.1) is 0 Å². The van der Waals surface area contributed by atoms with Gasteiger partial charge in [-0.1, -0.05) is 13.8 Å². The quantitative estimate of drug-likeness (QED) is 0.632. The van der Waals surface area contributed by atoms with Gasteiger partial charge in [0.1, 0.15) is 0 Å². The third-order valence-electron chi connectivity index (χ3n) is 2.75. The first-order chi connectivity index (χ1) is 7.54. The Balaban J connectivity index is 2.49. The molecule has 5 heteroatoms. The fraction of sp³-hybridized carbons (Fsp3) is 0.818. The molecule has 16 heavy (non-hydrogen) atoms. The van der Waals surface area contributed by atoms with Crippen molar-refractivity contribution in [1.82, 2.24) is 10.2 Å². The van der Waals surface area contributed by atoms with Crippen molar-refractivity contribution >= 4 is 11.8 Å². The van der Waals surface area contributed by atoms with Crippen LogP contribution in [0.15, 0.2) is 0 Å². The standard InChI is InChI=1S/C11H20N2O3/c1-8-5-9(2)7-13(6-8)11(16)10(15)12-3-4-14/h8-9,14H,3-7H2,1-2H3,(H,12,15). The van der Waals surface area contributed by atoms with Gasteiger partial charge in [-0.3, -0.25) is 9.59 Å². The molecule has 0 aromatic carbocycles. The van der Waals surface area contributed by atoms with Crippen molar-refractivity contribution in [2.45, 2.75) is 20.3 Å². The Morgan fingerprint density at radius 2 is 1.88 bits per heavy atom. The van der Waals surface area contributed by atoms with Crippen molar-refractivity contribution in [3.63, 3.8) is 0 Å². The monoisotopic (exact) mass is 228 g/mol. The smallest absolute Gasteiger partial charge is 0.311 e. The number of nitrogens with one attached hydrogen (secondary N) is 1. The molecule has 2 N–H and O–H groups in total. The number of carbonyl (C=O) groups excluding carboxylic acids is 2. The number of likely N-dealkylation sites (tertiary alicyclic amines) is 1. The van der Waals surface area contributed by atoms with Gasteiger partial charge in [0.25, 0.3) is 0 Å². The maximum absolute atomic E-state index is 11.7. The van der Waals surface area contributed by atoms with Crippen molar-refractivity contribution in [2.24, 2.45) is 11.8 Å². The highest BCUT2D eigenvalue weighted by Crippen LogP contribution is 2.20. The summed E-state index contributed by atoms with van der Waals surface area (Å²) in [7, 11) is 0. The minimum Gasteiger partial charge on any atom is -0.395 e. The van der Waals surface area contributed by atoms with Gasteiger partial charge in [0, 0.05) is 19.6 Å². The third kappa shape index (κ3) is 3.48.